The number of nitro groups is 1. The molecule has 0 spiro atoms. The fourth-order valence-corrected chi connectivity index (χ4v) is 3.45. The molecular formula is C21H19F2N3O7. The Labute approximate surface area is 186 Å². The molecule has 0 aliphatic carbocycles. The fraction of sp³-hybridized carbons (Fsp3) is 0.286. The molecule has 33 heavy (non-hydrogen) atoms. The Kier molecular flexibility index (Phi) is 6.56. The van der Waals surface area contributed by atoms with Crippen LogP contribution < -0.4 is 4.74 Å². The van der Waals surface area contributed by atoms with Gasteiger partial charge in [-0.05, 0) is 30.7 Å². The quantitative estimate of drug-likeness (QED) is 0.387. The molecule has 174 valence electrons. The summed E-state index contributed by atoms with van der Waals surface area (Å²) in [6.07, 6.45) is -1.11. The lowest BCUT2D eigenvalue weighted by Gasteiger charge is -2.40. The number of amides is 1. The van der Waals surface area contributed by atoms with E-state index in [1.54, 1.807) is 0 Å². The topological polar surface area (TPSA) is 121 Å². The van der Waals surface area contributed by atoms with Crippen molar-refractivity contribution in [1.82, 2.24) is 4.90 Å². The molecule has 0 N–H and O–H groups in total. The third-order valence-electron chi connectivity index (χ3n) is 5.25. The number of rotatable bonds is 4. The SMILES string of the molecule is COC(=O)C1CN(C(=O)Oc2ccccc2[N+](=O)[O-])C(OC)=NC1(C)c1ccc(F)c(F)c1. The van der Waals surface area contributed by atoms with Crippen LogP contribution in [0.1, 0.15) is 12.5 Å². The van der Waals surface area contributed by atoms with E-state index >= 15 is 0 Å². The van der Waals surface area contributed by atoms with Crippen LogP contribution in [0.3, 0.4) is 0 Å². The third kappa shape index (κ3) is 4.45. The van der Waals surface area contributed by atoms with Crippen molar-refractivity contribution in [2.75, 3.05) is 20.8 Å². The van der Waals surface area contributed by atoms with Gasteiger partial charge in [-0.2, -0.15) is 0 Å². The lowest BCUT2D eigenvalue weighted by atomic mass is 9.78. The number of benzene rings is 2. The molecule has 0 aromatic heterocycles. The smallest absolute Gasteiger partial charge is 0.423 e. The minimum atomic E-state index is -1.50. The second-order valence-electron chi connectivity index (χ2n) is 7.15. The molecule has 1 aliphatic rings. The Morgan fingerprint density at radius 3 is 2.48 bits per heavy atom. The van der Waals surface area contributed by atoms with Crippen molar-refractivity contribution in [2.45, 2.75) is 12.5 Å². The molecule has 1 aliphatic heterocycles. The maximum atomic E-state index is 13.9. The first kappa shape index (κ1) is 23.6. The Hall–Kier alpha value is -4.09. The molecular weight excluding hydrogens is 444 g/mol. The molecule has 2 aromatic carbocycles. The molecule has 1 heterocycles. The molecule has 0 radical (unpaired) electrons. The van der Waals surface area contributed by atoms with E-state index in [0.717, 1.165) is 30.2 Å². The van der Waals surface area contributed by atoms with E-state index in [-0.39, 0.29) is 23.9 Å². The van der Waals surface area contributed by atoms with Gasteiger partial charge in [0.05, 0.1) is 19.1 Å². The molecule has 0 saturated carbocycles. The van der Waals surface area contributed by atoms with Gasteiger partial charge in [0.2, 0.25) is 5.75 Å². The van der Waals surface area contributed by atoms with Crippen LogP contribution in [0.4, 0.5) is 19.3 Å². The summed E-state index contributed by atoms with van der Waals surface area (Å²) in [5.74, 6) is -4.52. The van der Waals surface area contributed by atoms with Gasteiger partial charge in [0.25, 0.3) is 6.02 Å². The van der Waals surface area contributed by atoms with Crippen molar-refractivity contribution in [3.63, 3.8) is 0 Å². The number of aliphatic imine (C=N–C) groups is 1. The number of carbonyl (C=O) groups excluding carboxylic acids is 2. The average molecular weight is 463 g/mol. The largest absolute Gasteiger partial charge is 0.469 e. The molecule has 2 atom stereocenters. The summed E-state index contributed by atoms with van der Waals surface area (Å²) >= 11 is 0. The Bertz CT molecular complexity index is 1140. The average Bonchev–Trinajstić information content (AvgIpc) is 2.80. The lowest BCUT2D eigenvalue weighted by Crippen LogP contribution is -2.54. The summed E-state index contributed by atoms with van der Waals surface area (Å²) in [7, 11) is 2.33. The number of hydrogen-bond acceptors (Lipinski definition) is 8. The molecule has 12 heteroatoms. The van der Waals surface area contributed by atoms with Gasteiger partial charge in [-0.1, -0.05) is 18.2 Å². The monoisotopic (exact) mass is 463 g/mol. The van der Waals surface area contributed by atoms with Crippen molar-refractivity contribution < 1.29 is 37.5 Å². The highest BCUT2D eigenvalue weighted by molar-refractivity contribution is 5.94. The Morgan fingerprint density at radius 1 is 1.18 bits per heavy atom. The number of halogens is 2. The van der Waals surface area contributed by atoms with Gasteiger partial charge in [0, 0.05) is 12.6 Å². The van der Waals surface area contributed by atoms with Gasteiger partial charge in [-0.3, -0.25) is 14.9 Å². The molecule has 2 unspecified atom stereocenters. The first-order chi connectivity index (χ1) is 15.6. The maximum absolute atomic E-state index is 13.9. The van der Waals surface area contributed by atoms with Crippen LogP contribution in [-0.4, -0.2) is 48.7 Å². The van der Waals surface area contributed by atoms with Crippen LogP contribution in [0.25, 0.3) is 0 Å². The van der Waals surface area contributed by atoms with Gasteiger partial charge in [-0.15, -0.1) is 0 Å². The van der Waals surface area contributed by atoms with Crippen molar-refractivity contribution >= 4 is 23.8 Å². The van der Waals surface area contributed by atoms with Crippen LogP contribution in [-0.2, 0) is 19.8 Å². The zero-order valence-electron chi connectivity index (χ0n) is 17.8. The number of esters is 1. The molecule has 0 bridgehead atoms. The zero-order valence-corrected chi connectivity index (χ0v) is 17.8. The van der Waals surface area contributed by atoms with Gasteiger partial charge < -0.3 is 14.2 Å². The molecule has 0 fully saturated rings. The lowest BCUT2D eigenvalue weighted by molar-refractivity contribution is -0.385. The predicted molar refractivity (Wildman–Crippen MR) is 109 cm³/mol. The van der Waals surface area contributed by atoms with Gasteiger partial charge in [0.15, 0.2) is 11.6 Å². The number of amidine groups is 1. The second-order valence-corrected chi connectivity index (χ2v) is 7.15. The first-order valence-electron chi connectivity index (χ1n) is 9.52. The number of carbonyl (C=O) groups is 2. The highest BCUT2D eigenvalue weighted by Gasteiger charge is 2.49. The van der Waals surface area contributed by atoms with Gasteiger partial charge in [-0.25, -0.2) is 23.5 Å². The Morgan fingerprint density at radius 2 is 1.88 bits per heavy atom. The number of para-hydroxylation sites is 2. The van der Waals surface area contributed by atoms with Gasteiger partial charge in [0.1, 0.15) is 11.5 Å². The Balaban J connectivity index is 2.04. The summed E-state index contributed by atoms with van der Waals surface area (Å²) in [5, 5.41) is 11.2. The van der Waals surface area contributed by atoms with E-state index in [1.165, 1.54) is 38.3 Å². The van der Waals surface area contributed by atoms with Crippen molar-refractivity contribution in [3.8, 4) is 5.75 Å². The second kappa shape index (κ2) is 9.18. The van der Waals surface area contributed by atoms with E-state index in [4.69, 9.17) is 14.2 Å². The standard InChI is InChI=1S/C21H19F2N3O7/c1-21(12-8-9-14(22)15(23)10-12)13(18(27)31-2)11-25(19(24-21)32-3)20(28)33-17-7-5-4-6-16(17)26(29)30/h4-10,13H,11H2,1-3H3. The summed E-state index contributed by atoms with van der Waals surface area (Å²) in [6.45, 7) is 1.10. The molecule has 2 aromatic rings. The zero-order chi connectivity index (χ0) is 24.3. The fourth-order valence-electron chi connectivity index (χ4n) is 3.45. The molecule has 1 amide bonds. The van der Waals surface area contributed by atoms with E-state index in [0.29, 0.717) is 0 Å². The van der Waals surface area contributed by atoms with E-state index in [1.807, 2.05) is 0 Å². The van der Waals surface area contributed by atoms with Crippen LogP contribution in [0.2, 0.25) is 0 Å². The van der Waals surface area contributed by atoms with Crippen molar-refractivity contribution in [3.05, 3.63) is 69.8 Å². The summed E-state index contributed by atoms with van der Waals surface area (Å²) in [6, 6.07) is 7.96. The van der Waals surface area contributed by atoms with E-state index in [9.17, 15) is 28.5 Å². The number of nitro benzene ring substituents is 1. The first-order valence-corrected chi connectivity index (χ1v) is 9.52. The number of methoxy groups -OCH3 is 2. The normalized spacial score (nSPS) is 20.0. The number of hydrogen-bond donors (Lipinski definition) is 0. The van der Waals surface area contributed by atoms with Crippen LogP contribution >= 0.6 is 0 Å². The third-order valence-corrected chi connectivity index (χ3v) is 5.25. The summed E-state index contributed by atoms with van der Waals surface area (Å²) < 4.78 is 42.6. The minimum absolute atomic E-state index is 0.137. The summed E-state index contributed by atoms with van der Waals surface area (Å²) in [5.41, 5.74) is -1.81. The van der Waals surface area contributed by atoms with Gasteiger partial charge >= 0.3 is 17.7 Å². The van der Waals surface area contributed by atoms with Crippen LogP contribution in [0.15, 0.2) is 47.5 Å². The molecule has 3 rings (SSSR count). The molecule has 10 nitrogen and oxygen atoms in total. The van der Waals surface area contributed by atoms with Crippen molar-refractivity contribution in [1.29, 1.82) is 0 Å². The van der Waals surface area contributed by atoms with Crippen LogP contribution in [0.5, 0.6) is 5.75 Å². The minimum Gasteiger partial charge on any atom is -0.469 e. The maximum Gasteiger partial charge on any atom is 0.423 e. The molecule has 0 saturated heterocycles. The highest BCUT2D eigenvalue weighted by atomic mass is 19.2. The summed E-state index contributed by atoms with van der Waals surface area (Å²) in [4.78, 5) is 41.1. The number of nitrogens with zero attached hydrogens (tertiary/aromatic N) is 3. The number of ether oxygens (including phenoxy) is 3. The predicted octanol–water partition coefficient (Wildman–Crippen LogP) is 3.39. The van der Waals surface area contributed by atoms with Crippen molar-refractivity contribution in [2.24, 2.45) is 10.9 Å². The van der Waals surface area contributed by atoms with Crippen LogP contribution in [0, 0.1) is 27.7 Å². The van der Waals surface area contributed by atoms with E-state index < -0.39 is 45.8 Å². The van der Waals surface area contributed by atoms with E-state index in [2.05, 4.69) is 4.99 Å². The highest BCUT2D eigenvalue weighted by Crippen LogP contribution is 2.39.